The number of piperidine rings is 1. The molecule has 0 spiro atoms. The summed E-state index contributed by atoms with van der Waals surface area (Å²) in [5.74, 6) is 2.78. The highest BCUT2D eigenvalue weighted by Gasteiger charge is 2.33. The van der Waals surface area contributed by atoms with Crippen LogP contribution in [0.4, 0.5) is 0 Å². The van der Waals surface area contributed by atoms with E-state index in [1.165, 1.54) is 50.5 Å². The zero-order valence-corrected chi connectivity index (χ0v) is 19.2. The van der Waals surface area contributed by atoms with Gasteiger partial charge in [0.15, 0.2) is 0 Å². The molecule has 0 unspecified atom stereocenters. The quantitative estimate of drug-likeness (QED) is 0.693. The molecule has 0 bridgehead atoms. The number of aryl methyl sites for hydroxylation is 1. The number of nitrogens with zero attached hydrogens (tertiary/aromatic N) is 4. The number of hydrogen-bond donors (Lipinski definition) is 0. The number of sulfonamides is 1. The summed E-state index contributed by atoms with van der Waals surface area (Å²) in [6.07, 6.45) is 12.7. The monoisotopic (exact) mass is 442 g/mol. The second-order valence-corrected chi connectivity index (χ2v) is 11.5. The molecule has 7 heteroatoms. The van der Waals surface area contributed by atoms with E-state index in [1.54, 1.807) is 4.31 Å². The van der Waals surface area contributed by atoms with Crippen molar-refractivity contribution >= 4 is 10.0 Å². The molecule has 0 radical (unpaired) electrons. The zero-order valence-electron chi connectivity index (χ0n) is 18.4. The van der Waals surface area contributed by atoms with Gasteiger partial charge >= 0.3 is 0 Å². The third-order valence-electron chi connectivity index (χ3n) is 7.48. The van der Waals surface area contributed by atoms with E-state index in [1.807, 2.05) is 24.3 Å². The van der Waals surface area contributed by atoms with Crippen LogP contribution >= 0.6 is 0 Å². The first-order valence-electron chi connectivity index (χ1n) is 12.1. The molecule has 1 aromatic heterocycles. The molecule has 1 aromatic carbocycles. The predicted octanol–water partition coefficient (Wildman–Crippen LogP) is 4.62. The molecular weight excluding hydrogens is 408 g/mol. The Bertz CT molecular complexity index is 993. The highest BCUT2D eigenvalue weighted by atomic mass is 32.2. The summed E-state index contributed by atoms with van der Waals surface area (Å²) < 4.78 is 30.8. The van der Waals surface area contributed by atoms with Crippen molar-refractivity contribution in [2.45, 2.75) is 93.9 Å². The van der Waals surface area contributed by atoms with Gasteiger partial charge < -0.3 is 4.57 Å². The Hall–Kier alpha value is -1.73. The van der Waals surface area contributed by atoms with Crippen molar-refractivity contribution in [2.75, 3.05) is 13.1 Å². The van der Waals surface area contributed by atoms with Gasteiger partial charge in [-0.15, -0.1) is 10.2 Å². The van der Waals surface area contributed by atoms with Gasteiger partial charge in [0.25, 0.3) is 0 Å². The molecule has 168 valence electrons. The van der Waals surface area contributed by atoms with E-state index in [9.17, 15) is 8.42 Å². The Kier molecular flexibility index (Phi) is 6.15. The third kappa shape index (κ3) is 4.31. The maximum Gasteiger partial charge on any atom is 0.243 e. The summed E-state index contributed by atoms with van der Waals surface area (Å²) in [5, 5.41) is 8.94. The van der Waals surface area contributed by atoms with Crippen LogP contribution in [0.15, 0.2) is 29.2 Å². The van der Waals surface area contributed by atoms with E-state index in [-0.39, 0.29) is 5.92 Å². The lowest BCUT2D eigenvalue weighted by molar-refractivity contribution is 0.304. The van der Waals surface area contributed by atoms with Gasteiger partial charge in [-0.25, -0.2) is 8.42 Å². The number of hydrogen-bond acceptors (Lipinski definition) is 4. The molecule has 1 saturated carbocycles. The normalized spacial score (nSPS) is 23.9. The van der Waals surface area contributed by atoms with E-state index in [2.05, 4.69) is 14.8 Å². The average Bonchev–Trinajstić information content (AvgIpc) is 3.08. The number of rotatable bonds is 4. The van der Waals surface area contributed by atoms with Gasteiger partial charge in [-0.3, -0.25) is 0 Å². The van der Waals surface area contributed by atoms with Crippen molar-refractivity contribution in [2.24, 2.45) is 0 Å². The Labute approximate surface area is 186 Å². The van der Waals surface area contributed by atoms with Crippen LogP contribution in [0.1, 0.15) is 93.3 Å². The first-order chi connectivity index (χ1) is 15.1. The number of benzene rings is 1. The maximum absolute atomic E-state index is 13.4. The molecule has 2 aliphatic heterocycles. The number of aromatic nitrogens is 3. The molecule has 5 rings (SSSR count). The second-order valence-electron chi connectivity index (χ2n) is 9.54. The first-order valence-corrected chi connectivity index (χ1v) is 13.6. The standard InChI is InChI=1S/C24H34N4O2S/c29-31(30,22-14-12-20(13-15-22)19-8-3-1-4-9-19)27-16-7-10-21(18-27)24-26-25-23-11-5-2-6-17-28(23)24/h12-15,19,21H,1-11,16-18H2/t21-/m0/s1. The highest BCUT2D eigenvalue weighted by Crippen LogP contribution is 2.34. The Morgan fingerprint density at radius 2 is 1.52 bits per heavy atom. The van der Waals surface area contributed by atoms with Crippen LogP contribution in [0.2, 0.25) is 0 Å². The van der Waals surface area contributed by atoms with Gasteiger partial charge in [0.05, 0.1) is 4.90 Å². The summed E-state index contributed by atoms with van der Waals surface area (Å²) in [6, 6.07) is 7.74. The first kappa shape index (κ1) is 21.1. The molecule has 1 saturated heterocycles. The molecule has 1 atom stereocenters. The van der Waals surface area contributed by atoms with E-state index < -0.39 is 10.0 Å². The van der Waals surface area contributed by atoms with E-state index in [0.29, 0.717) is 23.9 Å². The van der Waals surface area contributed by atoms with Gasteiger partial charge in [-0.05, 0) is 62.1 Å². The van der Waals surface area contributed by atoms with E-state index in [0.717, 1.165) is 43.9 Å². The molecule has 3 aliphatic rings. The van der Waals surface area contributed by atoms with E-state index >= 15 is 0 Å². The lowest BCUT2D eigenvalue weighted by Gasteiger charge is -2.31. The SMILES string of the molecule is O=S(=O)(c1ccc(C2CCCCC2)cc1)N1CCC[C@H](c2nnc3n2CCCCC3)C1. The van der Waals surface area contributed by atoms with Crippen molar-refractivity contribution in [1.29, 1.82) is 0 Å². The Morgan fingerprint density at radius 3 is 2.32 bits per heavy atom. The Balaban J connectivity index is 1.33. The molecular formula is C24H34N4O2S. The molecule has 2 aromatic rings. The zero-order chi connectivity index (χ0) is 21.3. The molecule has 3 heterocycles. The van der Waals surface area contributed by atoms with Gasteiger partial charge in [-0.2, -0.15) is 4.31 Å². The molecule has 31 heavy (non-hydrogen) atoms. The smallest absolute Gasteiger partial charge is 0.243 e. The van der Waals surface area contributed by atoms with Crippen LogP contribution in [0.3, 0.4) is 0 Å². The average molecular weight is 443 g/mol. The predicted molar refractivity (Wildman–Crippen MR) is 121 cm³/mol. The molecule has 1 aliphatic carbocycles. The molecule has 0 N–H and O–H groups in total. The summed E-state index contributed by atoms with van der Waals surface area (Å²) in [6.45, 7) is 2.05. The van der Waals surface area contributed by atoms with Gasteiger partial charge in [-0.1, -0.05) is 37.8 Å². The third-order valence-corrected chi connectivity index (χ3v) is 9.36. The fourth-order valence-corrected chi connectivity index (χ4v) is 7.20. The lowest BCUT2D eigenvalue weighted by atomic mass is 9.84. The summed E-state index contributed by atoms with van der Waals surface area (Å²) >= 11 is 0. The van der Waals surface area contributed by atoms with Gasteiger partial charge in [0, 0.05) is 32.0 Å². The van der Waals surface area contributed by atoms with Gasteiger partial charge in [0.1, 0.15) is 11.6 Å². The summed E-state index contributed by atoms with van der Waals surface area (Å²) in [7, 11) is -3.49. The van der Waals surface area contributed by atoms with Crippen LogP contribution in [0, 0.1) is 0 Å². The van der Waals surface area contributed by atoms with Crippen molar-refractivity contribution in [3.05, 3.63) is 41.5 Å². The van der Waals surface area contributed by atoms with Crippen LogP contribution in [0.5, 0.6) is 0 Å². The van der Waals surface area contributed by atoms with Crippen LogP contribution < -0.4 is 0 Å². The van der Waals surface area contributed by atoms with Gasteiger partial charge in [0.2, 0.25) is 10.0 Å². The fraction of sp³-hybridized carbons (Fsp3) is 0.667. The van der Waals surface area contributed by atoms with Crippen molar-refractivity contribution in [3.8, 4) is 0 Å². The maximum atomic E-state index is 13.4. The molecule has 0 amide bonds. The molecule has 2 fully saturated rings. The van der Waals surface area contributed by atoms with Crippen molar-refractivity contribution in [3.63, 3.8) is 0 Å². The Morgan fingerprint density at radius 1 is 0.774 bits per heavy atom. The lowest BCUT2D eigenvalue weighted by Crippen LogP contribution is -2.39. The second kappa shape index (κ2) is 9.02. The van der Waals surface area contributed by atoms with E-state index in [4.69, 9.17) is 0 Å². The highest BCUT2D eigenvalue weighted by molar-refractivity contribution is 7.89. The van der Waals surface area contributed by atoms with Crippen LogP contribution in [-0.4, -0.2) is 40.6 Å². The fourth-order valence-electron chi connectivity index (χ4n) is 5.68. The van der Waals surface area contributed by atoms with Crippen LogP contribution in [-0.2, 0) is 23.0 Å². The van der Waals surface area contributed by atoms with Crippen molar-refractivity contribution in [1.82, 2.24) is 19.1 Å². The summed E-state index contributed by atoms with van der Waals surface area (Å²) in [5.41, 5.74) is 1.29. The largest absolute Gasteiger partial charge is 0.315 e. The summed E-state index contributed by atoms with van der Waals surface area (Å²) in [4.78, 5) is 0.424. The minimum Gasteiger partial charge on any atom is -0.315 e. The minimum atomic E-state index is -3.49. The number of fused-ring (bicyclic) bond motifs is 1. The van der Waals surface area contributed by atoms with Crippen molar-refractivity contribution < 1.29 is 8.42 Å². The molecule has 6 nitrogen and oxygen atoms in total. The minimum absolute atomic E-state index is 0.129. The van der Waals surface area contributed by atoms with Crippen LogP contribution in [0.25, 0.3) is 0 Å². The topological polar surface area (TPSA) is 68.1 Å².